The minimum atomic E-state index is -1.15. The third-order valence-corrected chi connectivity index (χ3v) is 5.18. The van der Waals surface area contributed by atoms with Crippen LogP contribution in [0.25, 0.3) is 0 Å². The minimum absolute atomic E-state index is 0.0703. The molecule has 0 aromatic carbocycles. The van der Waals surface area contributed by atoms with E-state index in [2.05, 4.69) is 21.9 Å². The maximum absolute atomic E-state index is 13.0. The molecule has 0 bridgehead atoms. The van der Waals surface area contributed by atoms with Crippen molar-refractivity contribution in [2.24, 2.45) is 4.99 Å². The van der Waals surface area contributed by atoms with E-state index < -0.39 is 17.4 Å². The Morgan fingerprint density at radius 3 is 3.00 bits per heavy atom. The summed E-state index contributed by atoms with van der Waals surface area (Å²) >= 11 is 1.02. The van der Waals surface area contributed by atoms with E-state index in [0.717, 1.165) is 11.3 Å². The molecular formula is C18H18N4O4S. The summed E-state index contributed by atoms with van der Waals surface area (Å²) in [7, 11) is 0. The van der Waals surface area contributed by atoms with Crippen molar-refractivity contribution in [3.63, 3.8) is 0 Å². The zero-order valence-corrected chi connectivity index (χ0v) is 15.7. The fourth-order valence-corrected chi connectivity index (χ4v) is 3.61. The molecule has 0 spiro atoms. The normalized spacial score (nSPS) is 20.7. The fraction of sp³-hybridized carbons (Fsp3) is 0.278. The number of aliphatic imine (C=N–C) groups is 1. The summed E-state index contributed by atoms with van der Waals surface area (Å²) in [5.74, 6) is -0.899. The number of allylic oxidation sites excluding steroid dienone is 2. The van der Waals surface area contributed by atoms with Crippen LogP contribution in [0.1, 0.15) is 28.7 Å². The summed E-state index contributed by atoms with van der Waals surface area (Å²) in [6.07, 6.45) is 8.29. The molecule has 0 aliphatic carbocycles. The molecule has 1 aromatic rings. The Morgan fingerprint density at radius 2 is 2.26 bits per heavy atom. The maximum Gasteiger partial charge on any atom is 0.350 e. The van der Waals surface area contributed by atoms with E-state index in [1.54, 1.807) is 43.2 Å². The molecule has 3 rings (SSSR count). The molecule has 1 atom stereocenters. The number of carbonyl (C=O) groups excluding carboxylic acids is 3. The molecular weight excluding hydrogens is 368 g/mol. The van der Waals surface area contributed by atoms with Gasteiger partial charge < -0.3 is 9.64 Å². The predicted molar refractivity (Wildman–Crippen MR) is 102 cm³/mol. The lowest BCUT2D eigenvalue weighted by molar-refractivity contribution is -0.130. The summed E-state index contributed by atoms with van der Waals surface area (Å²) in [4.78, 5) is 47.1. The number of nitrogens with zero attached hydrogens (tertiary/aromatic N) is 3. The van der Waals surface area contributed by atoms with Gasteiger partial charge in [-0.25, -0.2) is 9.78 Å². The van der Waals surface area contributed by atoms with Crippen molar-refractivity contribution >= 4 is 40.1 Å². The molecule has 9 heteroatoms. The Hall–Kier alpha value is -3.07. The van der Waals surface area contributed by atoms with Crippen molar-refractivity contribution in [2.75, 3.05) is 11.9 Å². The lowest BCUT2D eigenvalue weighted by atomic mass is 9.91. The fourth-order valence-electron chi connectivity index (χ4n) is 2.75. The molecule has 1 N–H and O–H groups in total. The third-order valence-electron chi connectivity index (χ3n) is 4.13. The molecule has 1 unspecified atom stereocenters. The van der Waals surface area contributed by atoms with E-state index in [-0.39, 0.29) is 24.1 Å². The molecule has 27 heavy (non-hydrogen) atoms. The average molecular weight is 386 g/mol. The van der Waals surface area contributed by atoms with Crippen LogP contribution < -0.4 is 5.32 Å². The molecule has 3 heterocycles. The van der Waals surface area contributed by atoms with Crippen LogP contribution in [0, 0.1) is 6.92 Å². The minimum Gasteiger partial charge on any atom is -0.457 e. The van der Waals surface area contributed by atoms with Crippen LogP contribution in [0.15, 0.2) is 42.1 Å². The monoisotopic (exact) mass is 386 g/mol. The van der Waals surface area contributed by atoms with Crippen LogP contribution in [0.3, 0.4) is 0 Å². The van der Waals surface area contributed by atoms with Gasteiger partial charge in [-0.15, -0.1) is 0 Å². The van der Waals surface area contributed by atoms with Crippen LogP contribution in [0.2, 0.25) is 0 Å². The van der Waals surface area contributed by atoms with E-state index >= 15 is 0 Å². The summed E-state index contributed by atoms with van der Waals surface area (Å²) in [5.41, 5.74) is -0.698. The zero-order chi connectivity index (χ0) is 19.6. The maximum atomic E-state index is 13.0. The largest absolute Gasteiger partial charge is 0.457 e. The Kier molecular flexibility index (Phi) is 5.04. The van der Waals surface area contributed by atoms with Crippen molar-refractivity contribution < 1.29 is 19.1 Å². The van der Waals surface area contributed by atoms with Crippen molar-refractivity contribution in [3.8, 4) is 0 Å². The molecule has 2 aliphatic heterocycles. The highest BCUT2D eigenvalue weighted by atomic mass is 32.1. The van der Waals surface area contributed by atoms with Gasteiger partial charge in [-0.05, 0) is 26.0 Å². The highest BCUT2D eigenvalue weighted by Gasteiger charge is 2.45. The number of esters is 1. The topological polar surface area (TPSA) is 101 Å². The number of rotatable bonds is 5. The molecule has 2 aliphatic rings. The molecule has 1 aromatic heterocycles. The van der Waals surface area contributed by atoms with Gasteiger partial charge in [0.05, 0.1) is 12.1 Å². The third kappa shape index (κ3) is 3.59. The van der Waals surface area contributed by atoms with E-state index in [4.69, 9.17) is 4.74 Å². The van der Waals surface area contributed by atoms with E-state index in [1.165, 1.54) is 6.08 Å². The number of hydrogen-bond donors (Lipinski definition) is 1. The van der Waals surface area contributed by atoms with Crippen LogP contribution in [0.5, 0.6) is 0 Å². The molecule has 0 saturated heterocycles. The number of fused-ring (bicyclic) bond motifs is 1. The first-order valence-corrected chi connectivity index (χ1v) is 8.99. The summed E-state index contributed by atoms with van der Waals surface area (Å²) < 4.78 is 5.01. The number of aromatic nitrogens is 1. The second kappa shape index (κ2) is 7.28. The Balaban J connectivity index is 1.81. The summed E-state index contributed by atoms with van der Waals surface area (Å²) in [6.45, 7) is 6.91. The van der Waals surface area contributed by atoms with Gasteiger partial charge in [0.15, 0.2) is 5.13 Å². The van der Waals surface area contributed by atoms with Crippen molar-refractivity contribution in [1.29, 1.82) is 0 Å². The number of hydrogen-bond acceptors (Lipinski definition) is 7. The first-order chi connectivity index (χ1) is 12.8. The number of amides is 2. The van der Waals surface area contributed by atoms with Crippen molar-refractivity contribution in [3.05, 3.63) is 47.7 Å². The average Bonchev–Trinajstić information content (AvgIpc) is 2.99. The highest BCUT2D eigenvalue weighted by molar-refractivity contribution is 7.17. The Morgan fingerprint density at radius 1 is 1.48 bits per heavy atom. The van der Waals surface area contributed by atoms with Gasteiger partial charge in [0.2, 0.25) is 0 Å². The smallest absolute Gasteiger partial charge is 0.350 e. The number of aryl methyl sites for hydroxylation is 1. The van der Waals surface area contributed by atoms with Crippen LogP contribution in [-0.4, -0.2) is 45.6 Å². The zero-order valence-electron chi connectivity index (χ0n) is 14.9. The summed E-state index contributed by atoms with van der Waals surface area (Å²) in [5, 5.41) is 2.97. The van der Waals surface area contributed by atoms with E-state index in [9.17, 15) is 14.4 Å². The van der Waals surface area contributed by atoms with Gasteiger partial charge in [0.1, 0.15) is 22.9 Å². The first-order valence-electron chi connectivity index (χ1n) is 8.18. The number of carbonyl (C=O) groups is 3. The first kappa shape index (κ1) is 18.7. The predicted octanol–water partition coefficient (Wildman–Crippen LogP) is 2.21. The molecule has 140 valence electrons. The van der Waals surface area contributed by atoms with Gasteiger partial charge in [-0.3, -0.25) is 14.9 Å². The van der Waals surface area contributed by atoms with Gasteiger partial charge in [0, 0.05) is 6.20 Å². The molecule has 0 saturated carbocycles. The second-order valence-corrected chi connectivity index (χ2v) is 7.16. The van der Waals surface area contributed by atoms with Crippen molar-refractivity contribution in [1.82, 2.24) is 9.88 Å². The Bertz CT molecular complexity index is 914. The van der Waals surface area contributed by atoms with Crippen LogP contribution in [-0.2, 0) is 14.3 Å². The molecule has 0 fully saturated rings. The number of thiazole rings is 1. The van der Waals surface area contributed by atoms with Crippen LogP contribution in [0.4, 0.5) is 5.13 Å². The lowest BCUT2D eigenvalue weighted by Gasteiger charge is -2.41. The lowest BCUT2D eigenvalue weighted by Crippen LogP contribution is -2.58. The SMILES string of the molecule is C=CCOC(=O)c1sc(NC(=O)C2(C)CC(=O)N=C3C=CC=CN32)nc1C. The number of nitrogens with one attached hydrogen (secondary N) is 1. The van der Waals surface area contributed by atoms with E-state index in [1.807, 2.05) is 0 Å². The molecule has 2 amide bonds. The highest BCUT2D eigenvalue weighted by Crippen LogP contribution is 2.31. The Labute approximate surface area is 159 Å². The second-order valence-electron chi connectivity index (χ2n) is 6.16. The quantitative estimate of drug-likeness (QED) is 0.615. The molecule has 8 nitrogen and oxygen atoms in total. The standard InChI is InChI=1S/C18H18N4O4S/c1-4-9-26-15(24)14-11(2)19-17(27-14)21-16(25)18(3)10-13(23)20-12-7-5-6-8-22(12)18/h4-8H,1,9-10H2,2-3H3,(H,19,21,25). The molecule has 0 radical (unpaired) electrons. The van der Waals surface area contributed by atoms with Crippen molar-refractivity contribution in [2.45, 2.75) is 25.8 Å². The number of anilines is 1. The van der Waals surface area contributed by atoms with Gasteiger partial charge in [0.25, 0.3) is 11.8 Å². The number of amidine groups is 1. The van der Waals surface area contributed by atoms with Gasteiger partial charge in [-0.1, -0.05) is 30.1 Å². The van der Waals surface area contributed by atoms with Gasteiger partial charge in [-0.2, -0.15) is 4.99 Å². The van der Waals surface area contributed by atoms with E-state index in [0.29, 0.717) is 16.4 Å². The van der Waals surface area contributed by atoms with Gasteiger partial charge >= 0.3 is 5.97 Å². The number of ether oxygens (including phenoxy) is 1. The summed E-state index contributed by atoms with van der Waals surface area (Å²) in [6, 6.07) is 0. The van der Waals surface area contributed by atoms with Crippen LogP contribution >= 0.6 is 11.3 Å².